The Balaban J connectivity index is 2.32. The molecule has 0 aliphatic heterocycles. The normalized spacial score (nSPS) is 10.5. The molecule has 2 aromatic carbocycles. The molecule has 0 radical (unpaired) electrons. The molecule has 100 valence electrons. The number of rotatable bonds is 5. The largest absolute Gasteiger partial charge is 0.342 e. The van der Waals surface area contributed by atoms with Crippen molar-refractivity contribution >= 4 is 23.0 Å². The molecule has 0 spiro atoms. The van der Waals surface area contributed by atoms with Gasteiger partial charge in [-0.15, -0.1) is 0 Å². The lowest BCUT2D eigenvalue weighted by molar-refractivity contribution is 0.965. The summed E-state index contributed by atoms with van der Waals surface area (Å²) in [5, 5.41) is 0.789. The fourth-order valence-corrected chi connectivity index (χ4v) is 2.45. The van der Waals surface area contributed by atoms with Gasteiger partial charge in [-0.3, -0.25) is 0 Å². The topological polar surface area (TPSA) is 29.3 Å². The van der Waals surface area contributed by atoms with Crippen LogP contribution >= 0.6 is 11.6 Å². The molecule has 0 saturated carbocycles. The summed E-state index contributed by atoms with van der Waals surface area (Å²) in [6, 6.07) is 16.5. The summed E-state index contributed by atoms with van der Waals surface area (Å²) in [5.74, 6) is 0. The summed E-state index contributed by atoms with van der Waals surface area (Å²) in [6.07, 6.45) is 0.816. The molecule has 0 amide bonds. The van der Waals surface area contributed by atoms with Crippen LogP contribution in [0.5, 0.6) is 0 Å². The fraction of sp³-hybridized carbons (Fsp3) is 0.250. The Morgan fingerprint density at radius 3 is 2.37 bits per heavy atom. The molecule has 0 unspecified atom stereocenters. The highest BCUT2D eigenvalue weighted by atomic mass is 35.5. The Bertz CT molecular complexity index is 526. The summed E-state index contributed by atoms with van der Waals surface area (Å²) in [6.45, 7) is 3.65. The van der Waals surface area contributed by atoms with Crippen LogP contribution in [0.25, 0.3) is 0 Å². The van der Waals surface area contributed by atoms with Gasteiger partial charge in [-0.05, 0) is 49.7 Å². The molecule has 0 saturated heterocycles. The summed E-state index contributed by atoms with van der Waals surface area (Å²) < 4.78 is 0. The first-order valence-corrected chi connectivity index (χ1v) is 6.95. The van der Waals surface area contributed by atoms with Crippen LogP contribution in [0.2, 0.25) is 5.02 Å². The minimum Gasteiger partial charge on any atom is -0.342 e. The van der Waals surface area contributed by atoms with Gasteiger partial charge in [-0.25, -0.2) is 0 Å². The van der Waals surface area contributed by atoms with Crippen molar-refractivity contribution in [3.05, 3.63) is 59.1 Å². The molecule has 0 aliphatic carbocycles. The van der Waals surface area contributed by atoms with Gasteiger partial charge in [-0.2, -0.15) is 0 Å². The maximum absolute atomic E-state index is 6.31. The van der Waals surface area contributed by atoms with E-state index in [9.17, 15) is 0 Å². The van der Waals surface area contributed by atoms with E-state index in [1.807, 2.05) is 24.3 Å². The van der Waals surface area contributed by atoms with Crippen LogP contribution in [0.3, 0.4) is 0 Å². The van der Waals surface area contributed by atoms with Crippen molar-refractivity contribution in [2.75, 3.05) is 18.0 Å². The summed E-state index contributed by atoms with van der Waals surface area (Å²) in [5.41, 5.74) is 8.97. The van der Waals surface area contributed by atoms with Crippen LogP contribution in [-0.2, 0) is 6.42 Å². The van der Waals surface area contributed by atoms with E-state index in [2.05, 4.69) is 36.1 Å². The second-order valence-corrected chi connectivity index (χ2v) is 4.80. The molecular formula is C16H19ClN2. The van der Waals surface area contributed by atoms with Gasteiger partial charge >= 0.3 is 0 Å². The van der Waals surface area contributed by atoms with E-state index in [-0.39, 0.29) is 0 Å². The van der Waals surface area contributed by atoms with E-state index < -0.39 is 0 Å². The second-order valence-electron chi connectivity index (χ2n) is 4.39. The number of para-hydroxylation sites is 1. The number of hydrogen-bond donors (Lipinski definition) is 1. The van der Waals surface area contributed by atoms with Crippen LogP contribution in [0.1, 0.15) is 12.5 Å². The fourth-order valence-electron chi connectivity index (χ4n) is 2.18. The first kappa shape index (κ1) is 13.9. The SMILES string of the molecule is CCN(c1ccccc1)c1ccc(CCN)c(Cl)c1. The summed E-state index contributed by atoms with van der Waals surface area (Å²) in [4.78, 5) is 2.23. The zero-order valence-corrected chi connectivity index (χ0v) is 11.9. The predicted octanol–water partition coefficient (Wildman–Crippen LogP) is 4.00. The monoisotopic (exact) mass is 274 g/mol. The molecule has 3 heteroatoms. The maximum atomic E-state index is 6.31. The highest BCUT2D eigenvalue weighted by molar-refractivity contribution is 6.31. The Morgan fingerprint density at radius 1 is 1.05 bits per heavy atom. The Kier molecular flexibility index (Phi) is 4.83. The molecule has 19 heavy (non-hydrogen) atoms. The minimum atomic E-state index is 0.620. The van der Waals surface area contributed by atoms with Crippen LogP contribution < -0.4 is 10.6 Å². The average molecular weight is 275 g/mol. The summed E-state index contributed by atoms with van der Waals surface area (Å²) >= 11 is 6.31. The van der Waals surface area contributed by atoms with Crippen molar-refractivity contribution in [1.82, 2.24) is 0 Å². The predicted molar refractivity (Wildman–Crippen MR) is 83.3 cm³/mol. The molecule has 0 aliphatic rings. The van der Waals surface area contributed by atoms with Crippen LogP contribution in [0.15, 0.2) is 48.5 Å². The third-order valence-electron chi connectivity index (χ3n) is 3.15. The third kappa shape index (κ3) is 3.28. The maximum Gasteiger partial charge on any atom is 0.0459 e. The number of nitrogens with zero attached hydrogens (tertiary/aromatic N) is 1. The number of halogens is 1. The Labute approximate surface area is 119 Å². The van der Waals surface area contributed by atoms with Crippen molar-refractivity contribution in [1.29, 1.82) is 0 Å². The van der Waals surface area contributed by atoms with Crippen LogP contribution in [-0.4, -0.2) is 13.1 Å². The molecule has 2 N–H and O–H groups in total. The van der Waals surface area contributed by atoms with Gasteiger partial charge in [0, 0.05) is 22.9 Å². The number of anilines is 2. The number of hydrogen-bond acceptors (Lipinski definition) is 2. The van der Waals surface area contributed by atoms with E-state index in [1.54, 1.807) is 0 Å². The smallest absolute Gasteiger partial charge is 0.0459 e. The zero-order valence-electron chi connectivity index (χ0n) is 11.1. The van der Waals surface area contributed by atoms with Crippen LogP contribution in [0, 0.1) is 0 Å². The van der Waals surface area contributed by atoms with Gasteiger partial charge in [-0.1, -0.05) is 35.9 Å². The van der Waals surface area contributed by atoms with Gasteiger partial charge in [0.05, 0.1) is 0 Å². The van der Waals surface area contributed by atoms with Crippen molar-refractivity contribution in [2.45, 2.75) is 13.3 Å². The minimum absolute atomic E-state index is 0.620. The molecule has 0 heterocycles. The van der Waals surface area contributed by atoms with E-state index in [0.717, 1.165) is 29.2 Å². The van der Waals surface area contributed by atoms with Crippen molar-refractivity contribution in [3.8, 4) is 0 Å². The van der Waals surface area contributed by atoms with Gasteiger partial charge in [0.2, 0.25) is 0 Å². The molecule has 2 aromatic rings. The first-order valence-electron chi connectivity index (χ1n) is 6.57. The standard InChI is InChI=1S/C16H19ClN2/c1-2-19(14-6-4-3-5-7-14)15-9-8-13(10-11-18)16(17)12-15/h3-9,12H,2,10-11,18H2,1H3. The molecule has 0 fully saturated rings. The molecule has 2 nitrogen and oxygen atoms in total. The zero-order chi connectivity index (χ0) is 13.7. The molecule has 0 bridgehead atoms. The van der Waals surface area contributed by atoms with E-state index in [4.69, 9.17) is 17.3 Å². The molecule has 0 aromatic heterocycles. The van der Waals surface area contributed by atoms with Gasteiger partial charge in [0.1, 0.15) is 0 Å². The number of nitrogens with two attached hydrogens (primary N) is 1. The van der Waals surface area contributed by atoms with Gasteiger partial charge in [0.25, 0.3) is 0 Å². The Morgan fingerprint density at radius 2 is 1.79 bits per heavy atom. The lowest BCUT2D eigenvalue weighted by atomic mass is 10.1. The third-order valence-corrected chi connectivity index (χ3v) is 3.50. The lowest BCUT2D eigenvalue weighted by Gasteiger charge is -2.24. The van der Waals surface area contributed by atoms with Crippen molar-refractivity contribution in [3.63, 3.8) is 0 Å². The molecule has 2 rings (SSSR count). The molecule has 0 atom stereocenters. The number of benzene rings is 2. The summed E-state index contributed by atoms with van der Waals surface area (Å²) in [7, 11) is 0. The van der Waals surface area contributed by atoms with E-state index in [0.29, 0.717) is 6.54 Å². The van der Waals surface area contributed by atoms with E-state index in [1.165, 1.54) is 5.69 Å². The highest BCUT2D eigenvalue weighted by Gasteiger charge is 2.09. The van der Waals surface area contributed by atoms with Gasteiger partial charge < -0.3 is 10.6 Å². The van der Waals surface area contributed by atoms with E-state index >= 15 is 0 Å². The first-order chi connectivity index (χ1) is 9.26. The second kappa shape index (κ2) is 6.60. The van der Waals surface area contributed by atoms with Crippen molar-refractivity contribution < 1.29 is 0 Å². The Hall–Kier alpha value is -1.51. The van der Waals surface area contributed by atoms with Crippen LogP contribution in [0.4, 0.5) is 11.4 Å². The lowest BCUT2D eigenvalue weighted by Crippen LogP contribution is -2.16. The highest BCUT2D eigenvalue weighted by Crippen LogP contribution is 2.29. The average Bonchev–Trinajstić information content (AvgIpc) is 2.44. The quantitative estimate of drug-likeness (QED) is 0.893. The molecular weight excluding hydrogens is 256 g/mol. The van der Waals surface area contributed by atoms with Crippen molar-refractivity contribution in [2.24, 2.45) is 5.73 Å². The van der Waals surface area contributed by atoms with Gasteiger partial charge in [0.15, 0.2) is 0 Å².